The summed E-state index contributed by atoms with van der Waals surface area (Å²) in [6.45, 7) is 4.30. The molecule has 0 saturated carbocycles. The van der Waals surface area contributed by atoms with Crippen LogP contribution in [-0.2, 0) is 14.3 Å². The highest BCUT2D eigenvalue weighted by Crippen LogP contribution is 1.98. The molecule has 0 rings (SSSR count). The van der Waals surface area contributed by atoms with Crippen LogP contribution in [0.25, 0.3) is 0 Å². The van der Waals surface area contributed by atoms with Gasteiger partial charge in [-0.25, -0.2) is 0 Å². The normalized spacial score (nSPS) is 15.3. The predicted octanol–water partition coefficient (Wildman–Crippen LogP) is -0.0185. The van der Waals surface area contributed by atoms with Crippen molar-refractivity contribution in [2.45, 2.75) is 26.1 Å². The number of rotatable bonds is 7. The molecule has 4 nitrogen and oxygen atoms in total. The second-order valence-electron chi connectivity index (χ2n) is 2.67. The Morgan fingerprint density at radius 1 is 1.54 bits per heavy atom. The van der Waals surface area contributed by atoms with Gasteiger partial charge in [0.15, 0.2) is 0 Å². The van der Waals surface area contributed by atoms with E-state index in [1.165, 1.54) is 6.92 Å². The van der Waals surface area contributed by atoms with Crippen LogP contribution < -0.4 is 5.11 Å². The number of carbonyl (C=O) groups is 1. The maximum atomic E-state index is 10.3. The maximum Gasteiger partial charge on any atom is 0.0945 e. The minimum Gasteiger partial charge on any atom is -0.547 e. The van der Waals surface area contributed by atoms with Crippen molar-refractivity contribution in [1.82, 2.24) is 0 Å². The summed E-state index contributed by atoms with van der Waals surface area (Å²) in [6, 6.07) is 0. The molecule has 5 heteroatoms. The molecule has 0 bridgehead atoms. The molecule has 0 aliphatic heterocycles. The van der Waals surface area contributed by atoms with Crippen LogP contribution in [-0.4, -0.2) is 35.8 Å². The van der Waals surface area contributed by atoms with E-state index in [2.05, 4.69) is 22.6 Å². The van der Waals surface area contributed by atoms with E-state index in [4.69, 9.17) is 9.47 Å². The van der Waals surface area contributed by atoms with Crippen molar-refractivity contribution in [3.63, 3.8) is 0 Å². The number of aliphatic carboxylic acids is 1. The van der Waals surface area contributed by atoms with E-state index in [-0.39, 0.29) is 6.10 Å². The minimum atomic E-state index is -1.19. The molecule has 0 radical (unpaired) electrons. The Balaban J connectivity index is 3.49. The number of hydrogen-bond donors (Lipinski definition) is 0. The van der Waals surface area contributed by atoms with E-state index >= 15 is 0 Å². The molecule has 78 valence electrons. The van der Waals surface area contributed by atoms with E-state index in [1.54, 1.807) is 6.92 Å². The summed E-state index contributed by atoms with van der Waals surface area (Å²) in [5, 5.41) is 10.3. The van der Waals surface area contributed by atoms with Gasteiger partial charge in [0.05, 0.1) is 31.4 Å². The first-order valence-corrected chi connectivity index (χ1v) is 5.60. The van der Waals surface area contributed by atoms with Gasteiger partial charge in [0.2, 0.25) is 0 Å². The molecule has 13 heavy (non-hydrogen) atoms. The molecule has 0 fully saturated rings. The van der Waals surface area contributed by atoms with Gasteiger partial charge in [0.25, 0.3) is 0 Å². The zero-order valence-corrected chi connectivity index (χ0v) is 9.94. The van der Waals surface area contributed by atoms with Gasteiger partial charge < -0.3 is 19.4 Å². The molecule has 0 amide bonds. The molecule has 0 aromatic rings. The number of carbonyl (C=O) groups excluding carboxylic acids is 1. The highest BCUT2D eigenvalue weighted by Gasteiger charge is 2.08. The fraction of sp³-hybridized carbons (Fsp3) is 0.875. The first-order valence-electron chi connectivity index (χ1n) is 4.08. The van der Waals surface area contributed by atoms with Crippen LogP contribution in [0.1, 0.15) is 13.8 Å². The monoisotopic (exact) mass is 301 g/mol. The SMILES string of the molecule is CC(COCCI)OC(C)C(=O)[O-]. The maximum absolute atomic E-state index is 10.3. The lowest BCUT2D eigenvalue weighted by atomic mass is 10.4. The summed E-state index contributed by atoms with van der Waals surface area (Å²) < 4.78 is 11.2. The van der Waals surface area contributed by atoms with E-state index in [1.807, 2.05) is 0 Å². The van der Waals surface area contributed by atoms with Crippen molar-refractivity contribution in [2.75, 3.05) is 17.6 Å². The van der Waals surface area contributed by atoms with E-state index in [9.17, 15) is 9.90 Å². The standard InChI is InChI=1S/C8H15IO4/c1-6(5-12-4-3-9)13-7(2)8(10)11/h6-7H,3-5H2,1-2H3,(H,10,11)/p-1. The molecule has 0 N–H and O–H groups in total. The second-order valence-corrected chi connectivity index (χ2v) is 3.75. The Hall–Kier alpha value is 0.120. The lowest BCUT2D eigenvalue weighted by Gasteiger charge is -2.19. The van der Waals surface area contributed by atoms with Crippen molar-refractivity contribution >= 4 is 28.6 Å². The van der Waals surface area contributed by atoms with E-state index in [0.29, 0.717) is 13.2 Å². The summed E-state index contributed by atoms with van der Waals surface area (Å²) in [7, 11) is 0. The number of hydrogen-bond acceptors (Lipinski definition) is 4. The third kappa shape index (κ3) is 7.21. The van der Waals surface area contributed by atoms with Gasteiger partial charge in [-0.3, -0.25) is 0 Å². The number of carboxylic acids is 1. The highest BCUT2D eigenvalue weighted by atomic mass is 127. The third-order valence-corrected chi connectivity index (χ3v) is 1.78. The Labute approximate surface area is 91.7 Å². The summed E-state index contributed by atoms with van der Waals surface area (Å²) in [4.78, 5) is 10.3. The smallest absolute Gasteiger partial charge is 0.0945 e. The van der Waals surface area contributed by atoms with Crippen molar-refractivity contribution in [1.29, 1.82) is 0 Å². The number of carboxylic acid groups (broad SMARTS) is 1. The molecule has 0 saturated heterocycles. The molecule has 2 unspecified atom stereocenters. The van der Waals surface area contributed by atoms with Gasteiger partial charge in [0.1, 0.15) is 0 Å². The Morgan fingerprint density at radius 2 is 2.15 bits per heavy atom. The zero-order chi connectivity index (χ0) is 10.3. The summed E-state index contributed by atoms with van der Waals surface area (Å²) in [5.41, 5.74) is 0. The second kappa shape index (κ2) is 7.52. The molecule has 2 atom stereocenters. The van der Waals surface area contributed by atoms with Crippen molar-refractivity contribution < 1.29 is 19.4 Å². The minimum absolute atomic E-state index is 0.212. The Morgan fingerprint density at radius 3 is 2.62 bits per heavy atom. The zero-order valence-electron chi connectivity index (χ0n) is 7.79. The van der Waals surface area contributed by atoms with Crippen molar-refractivity contribution in [3.8, 4) is 0 Å². The molecule has 0 aliphatic rings. The Kier molecular flexibility index (Phi) is 7.59. The van der Waals surface area contributed by atoms with Gasteiger partial charge in [-0.1, -0.05) is 22.6 Å². The van der Waals surface area contributed by atoms with Crippen molar-refractivity contribution in [2.24, 2.45) is 0 Å². The lowest BCUT2D eigenvalue weighted by molar-refractivity contribution is -0.317. The third-order valence-electron chi connectivity index (χ3n) is 1.34. The summed E-state index contributed by atoms with van der Waals surface area (Å²) >= 11 is 2.20. The topological polar surface area (TPSA) is 58.6 Å². The average molecular weight is 301 g/mol. The Bertz CT molecular complexity index is 151. The van der Waals surface area contributed by atoms with Crippen LogP contribution in [0.15, 0.2) is 0 Å². The van der Waals surface area contributed by atoms with Crippen LogP contribution in [0.5, 0.6) is 0 Å². The molecule has 0 spiro atoms. The van der Waals surface area contributed by atoms with Gasteiger partial charge >= 0.3 is 0 Å². The molecule has 0 heterocycles. The predicted molar refractivity (Wildman–Crippen MR) is 54.7 cm³/mol. The highest BCUT2D eigenvalue weighted by molar-refractivity contribution is 14.1. The van der Waals surface area contributed by atoms with Gasteiger partial charge in [-0.2, -0.15) is 0 Å². The summed E-state index contributed by atoms with van der Waals surface area (Å²) in [5.74, 6) is -1.19. The average Bonchev–Trinajstić information content (AvgIpc) is 2.04. The van der Waals surface area contributed by atoms with Gasteiger partial charge in [-0.05, 0) is 13.8 Å². The molecule has 0 aromatic carbocycles. The number of alkyl halides is 1. The molecule has 0 aromatic heterocycles. The van der Waals surface area contributed by atoms with E-state index < -0.39 is 12.1 Å². The largest absolute Gasteiger partial charge is 0.547 e. The van der Waals surface area contributed by atoms with Crippen LogP contribution in [0.4, 0.5) is 0 Å². The number of ether oxygens (including phenoxy) is 2. The quantitative estimate of drug-likeness (QED) is 0.377. The number of halogens is 1. The van der Waals surface area contributed by atoms with Crippen LogP contribution in [0.3, 0.4) is 0 Å². The van der Waals surface area contributed by atoms with Crippen LogP contribution >= 0.6 is 22.6 Å². The summed E-state index contributed by atoms with van der Waals surface area (Å²) in [6.07, 6.45) is -1.09. The van der Waals surface area contributed by atoms with Crippen molar-refractivity contribution in [3.05, 3.63) is 0 Å². The van der Waals surface area contributed by atoms with Gasteiger partial charge in [-0.15, -0.1) is 0 Å². The molecular formula is C8H14IO4-. The first kappa shape index (κ1) is 13.1. The fourth-order valence-corrected chi connectivity index (χ4v) is 1.06. The lowest BCUT2D eigenvalue weighted by Crippen LogP contribution is -2.38. The van der Waals surface area contributed by atoms with E-state index in [0.717, 1.165) is 4.43 Å². The molecule has 0 aliphatic carbocycles. The fourth-order valence-electron chi connectivity index (χ4n) is 0.747. The van der Waals surface area contributed by atoms with Crippen LogP contribution in [0, 0.1) is 0 Å². The molecular weight excluding hydrogens is 287 g/mol. The first-order chi connectivity index (χ1) is 6.07. The van der Waals surface area contributed by atoms with Crippen LogP contribution in [0.2, 0.25) is 0 Å². The van der Waals surface area contributed by atoms with Gasteiger partial charge in [0, 0.05) is 4.43 Å².